The van der Waals surface area contributed by atoms with Gasteiger partial charge in [-0.3, -0.25) is 0 Å². The molecule has 5 rings (SSSR count). The van der Waals surface area contributed by atoms with Crippen LogP contribution in [0.4, 0.5) is 19.1 Å². The molecule has 2 aromatic rings. The van der Waals surface area contributed by atoms with Crippen molar-refractivity contribution in [1.82, 2.24) is 19.7 Å². The fraction of sp³-hybridized carbons (Fsp3) is 0.500. The zero-order valence-corrected chi connectivity index (χ0v) is 18.6. The lowest BCUT2D eigenvalue weighted by Crippen LogP contribution is -2.59. The lowest BCUT2D eigenvalue weighted by molar-refractivity contribution is 0.0559. The van der Waals surface area contributed by atoms with Crippen molar-refractivity contribution in [1.29, 1.82) is 0 Å². The van der Waals surface area contributed by atoms with Crippen molar-refractivity contribution in [3.8, 4) is 5.69 Å². The summed E-state index contributed by atoms with van der Waals surface area (Å²) in [6.45, 7) is 3.81. The van der Waals surface area contributed by atoms with Gasteiger partial charge in [-0.15, -0.1) is 5.10 Å². The predicted octanol–water partition coefficient (Wildman–Crippen LogP) is 4.10. The number of halogens is 3. The molecule has 1 saturated carbocycles. The number of likely N-dealkylation sites (tertiary alicyclic amines) is 1. The van der Waals surface area contributed by atoms with Gasteiger partial charge in [-0.25, -0.2) is 17.9 Å². The second-order valence-electron chi connectivity index (χ2n) is 9.51. The van der Waals surface area contributed by atoms with Crippen LogP contribution in [-0.4, -0.2) is 50.5 Å². The molecule has 33 heavy (non-hydrogen) atoms. The molecule has 1 aromatic heterocycles. The Labute approximate surface area is 191 Å². The molecule has 1 aromatic carbocycles. The van der Waals surface area contributed by atoms with Gasteiger partial charge in [-0.05, 0) is 69.8 Å². The van der Waals surface area contributed by atoms with E-state index in [-0.39, 0.29) is 17.6 Å². The standard InChI is InChI=1S/C24H29F3N6/c1-15-9-21(30-23-29-14-33(31-23)20-11-17(25)10-18(26)12-20)22(27)24(28,13-15)16-5-7-32(8-6-16)19-3-2-4-19/h9-14,16,19,22H,2-8,28H2,1H3,(H,30,31). The summed E-state index contributed by atoms with van der Waals surface area (Å²) < 4.78 is 44.2. The Morgan fingerprint density at radius 1 is 1.09 bits per heavy atom. The zero-order chi connectivity index (χ0) is 23.2. The molecule has 3 aliphatic rings. The Morgan fingerprint density at radius 2 is 1.79 bits per heavy atom. The number of rotatable bonds is 5. The third kappa shape index (κ3) is 4.31. The number of hydrogen-bond acceptors (Lipinski definition) is 5. The minimum Gasteiger partial charge on any atom is -0.324 e. The molecule has 176 valence electrons. The Hall–Kier alpha value is -2.65. The summed E-state index contributed by atoms with van der Waals surface area (Å²) in [4.78, 5) is 6.66. The SMILES string of the molecule is CC1=CC(N)(C2CCN(C3CCC3)CC2)C(F)C(Nc2ncn(-c3cc(F)cc(F)c3)n2)=C1. The second kappa shape index (κ2) is 8.61. The lowest BCUT2D eigenvalue weighted by atomic mass is 9.71. The van der Waals surface area contributed by atoms with Crippen LogP contribution in [0.1, 0.15) is 39.0 Å². The molecular formula is C24H29F3N6. The van der Waals surface area contributed by atoms with Gasteiger partial charge < -0.3 is 16.0 Å². The highest BCUT2D eigenvalue weighted by molar-refractivity contribution is 5.46. The van der Waals surface area contributed by atoms with E-state index in [1.807, 2.05) is 13.0 Å². The number of alkyl halides is 1. The van der Waals surface area contributed by atoms with E-state index in [0.717, 1.165) is 49.7 Å². The normalized spacial score (nSPS) is 27.1. The summed E-state index contributed by atoms with van der Waals surface area (Å²) >= 11 is 0. The summed E-state index contributed by atoms with van der Waals surface area (Å²) in [5.41, 5.74) is 6.97. The summed E-state index contributed by atoms with van der Waals surface area (Å²) in [6, 6.07) is 3.77. The first-order chi connectivity index (χ1) is 15.8. The van der Waals surface area contributed by atoms with Crippen LogP contribution < -0.4 is 11.1 Å². The fourth-order valence-electron chi connectivity index (χ4n) is 5.28. The van der Waals surface area contributed by atoms with Crippen LogP contribution in [0.5, 0.6) is 0 Å². The topological polar surface area (TPSA) is 72.0 Å². The van der Waals surface area contributed by atoms with Crippen molar-refractivity contribution >= 4 is 5.95 Å². The van der Waals surface area contributed by atoms with Gasteiger partial charge in [0.15, 0.2) is 6.17 Å². The number of hydrogen-bond donors (Lipinski definition) is 2. The van der Waals surface area contributed by atoms with Gasteiger partial charge >= 0.3 is 0 Å². The van der Waals surface area contributed by atoms with Crippen LogP contribution in [0.2, 0.25) is 0 Å². The van der Waals surface area contributed by atoms with E-state index in [9.17, 15) is 8.78 Å². The molecular weight excluding hydrogens is 429 g/mol. The van der Waals surface area contributed by atoms with Gasteiger partial charge in [0.05, 0.1) is 16.9 Å². The second-order valence-corrected chi connectivity index (χ2v) is 9.51. The molecule has 1 saturated heterocycles. The van der Waals surface area contributed by atoms with Crippen molar-refractivity contribution in [3.05, 3.63) is 59.6 Å². The number of nitrogens with two attached hydrogens (primary N) is 1. The van der Waals surface area contributed by atoms with Crippen molar-refractivity contribution in [2.24, 2.45) is 11.7 Å². The third-order valence-corrected chi connectivity index (χ3v) is 7.26. The molecule has 2 unspecified atom stereocenters. The van der Waals surface area contributed by atoms with Gasteiger partial charge in [0, 0.05) is 12.1 Å². The van der Waals surface area contributed by atoms with Crippen LogP contribution in [0.3, 0.4) is 0 Å². The molecule has 6 nitrogen and oxygen atoms in total. The van der Waals surface area contributed by atoms with Gasteiger partial charge in [-0.1, -0.05) is 18.1 Å². The molecule has 2 fully saturated rings. The molecule has 0 bridgehead atoms. The van der Waals surface area contributed by atoms with E-state index in [1.54, 1.807) is 6.08 Å². The van der Waals surface area contributed by atoms with Crippen molar-refractivity contribution in [2.45, 2.75) is 56.8 Å². The zero-order valence-electron chi connectivity index (χ0n) is 18.6. The third-order valence-electron chi connectivity index (χ3n) is 7.26. The molecule has 1 aliphatic heterocycles. The van der Waals surface area contributed by atoms with Crippen molar-refractivity contribution in [3.63, 3.8) is 0 Å². The maximum Gasteiger partial charge on any atom is 0.246 e. The largest absolute Gasteiger partial charge is 0.324 e. The molecule has 2 atom stereocenters. The number of benzene rings is 1. The molecule has 3 N–H and O–H groups in total. The molecule has 2 aliphatic carbocycles. The Balaban J connectivity index is 1.30. The number of nitrogens with one attached hydrogen (secondary N) is 1. The van der Waals surface area contributed by atoms with Gasteiger partial charge in [0.25, 0.3) is 0 Å². The quantitative estimate of drug-likeness (QED) is 0.706. The van der Waals surface area contributed by atoms with Crippen LogP contribution >= 0.6 is 0 Å². The first-order valence-electron chi connectivity index (χ1n) is 11.5. The summed E-state index contributed by atoms with van der Waals surface area (Å²) in [5, 5.41) is 7.15. The lowest BCUT2D eigenvalue weighted by Gasteiger charge is -2.47. The van der Waals surface area contributed by atoms with Crippen molar-refractivity contribution in [2.75, 3.05) is 18.4 Å². The van der Waals surface area contributed by atoms with Crippen LogP contribution in [0.15, 0.2) is 47.9 Å². The van der Waals surface area contributed by atoms with E-state index in [1.165, 1.54) is 30.3 Å². The summed E-state index contributed by atoms with van der Waals surface area (Å²) in [7, 11) is 0. The highest BCUT2D eigenvalue weighted by Crippen LogP contribution is 2.39. The minimum absolute atomic E-state index is 0.0325. The minimum atomic E-state index is -1.44. The molecule has 0 spiro atoms. The Morgan fingerprint density at radius 3 is 2.42 bits per heavy atom. The van der Waals surface area contributed by atoms with E-state index in [2.05, 4.69) is 20.3 Å². The Bertz CT molecular complexity index is 1060. The predicted molar refractivity (Wildman–Crippen MR) is 120 cm³/mol. The molecule has 9 heteroatoms. The van der Waals surface area contributed by atoms with E-state index >= 15 is 4.39 Å². The van der Waals surface area contributed by atoms with Gasteiger partial charge in [0.2, 0.25) is 5.95 Å². The van der Waals surface area contributed by atoms with E-state index < -0.39 is 23.3 Å². The average molecular weight is 459 g/mol. The molecule has 2 heterocycles. The summed E-state index contributed by atoms with van der Waals surface area (Å²) in [5.74, 6) is -1.27. The number of aromatic nitrogens is 3. The summed E-state index contributed by atoms with van der Waals surface area (Å²) in [6.07, 6.45) is 9.00. The highest BCUT2D eigenvalue weighted by atomic mass is 19.1. The number of piperidine rings is 1. The smallest absolute Gasteiger partial charge is 0.246 e. The Kier molecular flexibility index (Phi) is 5.78. The van der Waals surface area contributed by atoms with Crippen molar-refractivity contribution < 1.29 is 13.2 Å². The van der Waals surface area contributed by atoms with Crippen LogP contribution in [0, 0.1) is 17.6 Å². The average Bonchev–Trinajstić information content (AvgIpc) is 3.19. The van der Waals surface area contributed by atoms with Crippen LogP contribution in [0.25, 0.3) is 5.69 Å². The maximum atomic E-state index is 15.8. The van der Waals surface area contributed by atoms with Gasteiger partial charge in [0.1, 0.15) is 18.0 Å². The monoisotopic (exact) mass is 458 g/mol. The maximum absolute atomic E-state index is 15.8. The number of allylic oxidation sites excluding steroid dienone is 2. The first-order valence-corrected chi connectivity index (χ1v) is 11.5. The number of nitrogens with zero attached hydrogens (tertiary/aromatic N) is 4. The fourth-order valence-corrected chi connectivity index (χ4v) is 5.28. The van der Waals surface area contributed by atoms with E-state index in [0.29, 0.717) is 11.7 Å². The molecule has 0 radical (unpaired) electrons. The number of anilines is 1. The highest BCUT2D eigenvalue weighted by Gasteiger charge is 2.46. The van der Waals surface area contributed by atoms with E-state index in [4.69, 9.17) is 5.73 Å². The molecule has 0 amide bonds. The first kappa shape index (κ1) is 22.2. The van der Waals surface area contributed by atoms with Crippen LogP contribution in [-0.2, 0) is 0 Å². The van der Waals surface area contributed by atoms with Gasteiger partial charge in [-0.2, -0.15) is 4.98 Å².